The van der Waals surface area contributed by atoms with Crippen LogP contribution in [-0.2, 0) is 19.1 Å². The molecule has 0 aromatic heterocycles. The molecule has 0 bridgehead atoms. The fourth-order valence-corrected chi connectivity index (χ4v) is 2.26. The Morgan fingerprint density at radius 2 is 2.30 bits per heavy atom. The Morgan fingerprint density at radius 1 is 1.55 bits per heavy atom. The van der Waals surface area contributed by atoms with E-state index in [9.17, 15) is 18.3 Å². The molecule has 1 rings (SSSR count). The number of halogens is 1. The Labute approximate surface area is 121 Å². The molecule has 1 heterocycles. The van der Waals surface area contributed by atoms with Crippen LogP contribution < -0.4 is 5.32 Å². The third kappa shape index (κ3) is 5.09. The molecule has 114 valence electrons. The molecule has 6 nitrogen and oxygen atoms in total. The molecule has 3 amide bonds. The summed E-state index contributed by atoms with van der Waals surface area (Å²) >= 11 is -0.102. The molecule has 0 aromatic carbocycles. The Balaban J connectivity index is 2.19. The number of carbonyl (C=O) groups excluding carboxylic acids is 3. The van der Waals surface area contributed by atoms with E-state index in [4.69, 9.17) is 4.74 Å². The van der Waals surface area contributed by atoms with E-state index < -0.39 is 11.2 Å². The molecule has 0 radical (unpaired) electrons. The Kier molecular flexibility index (Phi) is 7.53. The minimum absolute atomic E-state index is 0.0967. The lowest BCUT2D eigenvalue weighted by Gasteiger charge is -2.13. The van der Waals surface area contributed by atoms with Crippen molar-refractivity contribution in [1.82, 2.24) is 10.2 Å². The lowest BCUT2D eigenvalue weighted by Crippen LogP contribution is -2.33. The van der Waals surface area contributed by atoms with Crippen LogP contribution in [0.15, 0.2) is 0 Å². The van der Waals surface area contributed by atoms with E-state index in [2.05, 4.69) is 5.32 Å². The summed E-state index contributed by atoms with van der Waals surface area (Å²) in [6, 6.07) is 0. The van der Waals surface area contributed by atoms with Crippen LogP contribution in [0, 0.1) is 0 Å². The van der Waals surface area contributed by atoms with Crippen LogP contribution in [0.25, 0.3) is 0 Å². The maximum absolute atomic E-state index is 12.4. The van der Waals surface area contributed by atoms with Crippen LogP contribution in [0.4, 0.5) is 3.89 Å². The van der Waals surface area contributed by atoms with Crippen molar-refractivity contribution in [3.63, 3.8) is 0 Å². The van der Waals surface area contributed by atoms with Gasteiger partial charge in [0.25, 0.3) is 0 Å². The van der Waals surface area contributed by atoms with Gasteiger partial charge in [-0.05, 0) is 13.3 Å². The summed E-state index contributed by atoms with van der Waals surface area (Å²) in [6.07, 6.45) is 0.499. The molecule has 0 aliphatic carbocycles. The van der Waals surface area contributed by atoms with E-state index in [0.717, 1.165) is 4.90 Å². The highest BCUT2D eigenvalue weighted by atomic mass is 32.2. The second-order valence-electron chi connectivity index (χ2n) is 4.32. The molecule has 20 heavy (non-hydrogen) atoms. The van der Waals surface area contributed by atoms with Gasteiger partial charge in [0.05, 0.1) is 25.2 Å². The molecule has 1 unspecified atom stereocenters. The van der Waals surface area contributed by atoms with Crippen molar-refractivity contribution in [2.24, 2.45) is 0 Å². The SMILES string of the molecule is CCOCCNC(=O)CCCN1C(=O)CC(SF)C1=O. The average molecular weight is 306 g/mol. The summed E-state index contributed by atoms with van der Waals surface area (Å²) in [6.45, 7) is 3.53. The van der Waals surface area contributed by atoms with Crippen molar-refractivity contribution >= 4 is 29.9 Å². The number of ether oxygens (including phenoxy) is 1. The van der Waals surface area contributed by atoms with Crippen molar-refractivity contribution in [2.75, 3.05) is 26.3 Å². The number of carbonyl (C=O) groups is 3. The molecule has 1 aliphatic rings. The van der Waals surface area contributed by atoms with Crippen molar-refractivity contribution in [3.8, 4) is 0 Å². The van der Waals surface area contributed by atoms with Crippen LogP contribution in [-0.4, -0.2) is 54.2 Å². The molecule has 0 spiro atoms. The molecule has 1 aliphatic heterocycles. The molecule has 1 saturated heterocycles. The number of nitrogens with zero attached hydrogens (tertiary/aromatic N) is 1. The van der Waals surface area contributed by atoms with Gasteiger partial charge in [-0.15, -0.1) is 0 Å². The smallest absolute Gasteiger partial charge is 0.245 e. The van der Waals surface area contributed by atoms with Crippen molar-refractivity contribution in [2.45, 2.75) is 31.4 Å². The monoisotopic (exact) mass is 306 g/mol. The Morgan fingerprint density at radius 3 is 2.90 bits per heavy atom. The van der Waals surface area contributed by atoms with Gasteiger partial charge in [-0.25, -0.2) is 0 Å². The zero-order chi connectivity index (χ0) is 15.0. The highest BCUT2D eigenvalue weighted by molar-refractivity contribution is 7.95. The van der Waals surface area contributed by atoms with E-state index in [1.54, 1.807) is 0 Å². The number of amides is 3. The number of nitrogens with one attached hydrogen (secondary N) is 1. The maximum Gasteiger partial charge on any atom is 0.245 e. The van der Waals surface area contributed by atoms with Gasteiger partial charge in [0, 0.05) is 26.1 Å². The van der Waals surface area contributed by atoms with E-state index in [1.807, 2.05) is 6.92 Å². The fourth-order valence-electron chi connectivity index (χ4n) is 1.85. The molecule has 0 saturated carbocycles. The molecule has 1 N–H and O–H groups in total. The first-order valence-electron chi connectivity index (χ1n) is 6.56. The molecule has 1 fully saturated rings. The number of hydrogen-bond acceptors (Lipinski definition) is 5. The van der Waals surface area contributed by atoms with Gasteiger partial charge < -0.3 is 10.1 Å². The maximum atomic E-state index is 12.4. The van der Waals surface area contributed by atoms with Crippen LogP contribution >= 0.6 is 12.1 Å². The molecular formula is C12H19FN2O4S. The highest BCUT2D eigenvalue weighted by Gasteiger charge is 2.39. The van der Waals surface area contributed by atoms with Crippen molar-refractivity contribution < 1.29 is 23.0 Å². The predicted octanol–water partition coefficient (Wildman–Crippen LogP) is 0.664. The van der Waals surface area contributed by atoms with Gasteiger partial charge in [0.15, 0.2) is 0 Å². The van der Waals surface area contributed by atoms with Crippen LogP contribution in [0.1, 0.15) is 26.2 Å². The Bertz CT molecular complexity index is 367. The van der Waals surface area contributed by atoms with Crippen molar-refractivity contribution in [3.05, 3.63) is 0 Å². The van der Waals surface area contributed by atoms with Gasteiger partial charge in [-0.2, -0.15) is 3.89 Å². The van der Waals surface area contributed by atoms with Gasteiger partial charge in [0.2, 0.25) is 17.7 Å². The first kappa shape index (κ1) is 16.9. The topological polar surface area (TPSA) is 75.7 Å². The molecular weight excluding hydrogens is 287 g/mol. The van der Waals surface area contributed by atoms with Gasteiger partial charge in [-0.1, -0.05) is 0 Å². The second-order valence-corrected chi connectivity index (χ2v) is 5.06. The van der Waals surface area contributed by atoms with Gasteiger partial charge in [0.1, 0.15) is 5.25 Å². The van der Waals surface area contributed by atoms with E-state index in [1.165, 1.54) is 0 Å². The molecule has 1 atom stereocenters. The zero-order valence-corrected chi connectivity index (χ0v) is 12.2. The fraction of sp³-hybridized carbons (Fsp3) is 0.750. The zero-order valence-electron chi connectivity index (χ0n) is 11.4. The second kappa shape index (κ2) is 8.91. The number of rotatable bonds is 9. The molecule has 0 aromatic rings. The standard InChI is InChI=1S/C12H19FN2O4S/c1-2-19-7-5-14-10(16)4-3-6-15-11(17)8-9(20-13)12(15)18/h9H,2-8H2,1H3,(H,14,16). The number of likely N-dealkylation sites (tertiary alicyclic amines) is 1. The van der Waals surface area contributed by atoms with Crippen molar-refractivity contribution in [1.29, 1.82) is 0 Å². The van der Waals surface area contributed by atoms with Crippen LogP contribution in [0.5, 0.6) is 0 Å². The summed E-state index contributed by atoms with van der Waals surface area (Å²) in [7, 11) is 0. The first-order valence-corrected chi connectivity index (χ1v) is 7.34. The van der Waals surface area contributed by atoms with E-state index in [-0.39, 0.29) is 43.3 Å². The minimum atomic E-state index is -0.914. The quantitative estimate of drug-likeness (QED) is 0.500. The first-order chi connectivity index (χ1) is 9.60. The summed E-state index contributed by atoms with van der Waals surface area (Å²) < 4.78 is 17.5. The van der Waals surface area contributed by atoms with E-state index in [0.29, 0.717) is 26.2 Å². The van der Waals surface area contributed by atoms with Crippen LogP contribution in [0.3, 0.4) is 0 Å². The minimum Gasteiger partial charge on any atom is -0.380 e. The van der Waals surface area contributed by atoms with Gasteiger partial charge in [-0.3, -0.25) is 19.3 Å². The average Bonchev–Trinajstić information content (AvgIpc) is 2.70. The summed E-state index contributed by atoms with van der Waals surface area (Å²) in [5, 5.41) is 1.75. The third-order valence-electron chi connectivity index (χ3n) is 2.87. The van der Waals surface area contributed by atoms with Crippen LogP contribution in [0.2, 0.25) is 0 Å². The van der Waals surface area contributed by atoms with Gasteiger partial charge >= 0.3 is 0 Å². The number of hydrogen-bond donors (Lipinski definition) is 1. The normalized spacial score (nSPS) is 18.7. The summed E-state index contributed by atoms with van der Waals surface area (Å²) in [5.41, 5.74) is 0. The lowest BCUT2D eigenvalue weighted by molar-refractivity contribution is -0.138. The Hall–Kier alpha value is -1.15. The summed E-state index contributed by atoms with van der Waals surface area (Å²) in [4.78, 5) is 35.6. The largest absolute Gasteiger partial charge is 0.380 e. The predicted molar refractivity (Wildman–Crippen MR) is 72.6 cm³/mol. The lowest BCUT2D eigenvalue weighted by atomic mass is 10.3. The molecule has 8 heteroatoms. The number of imide groups is 1. The third-order valence-corrected chi connectivity index (χ3v) is 3.45. The van der Waals surface area contributed by atoms with E-state index >= 15 is 0 Å². The summed E-state index contributed by atoms with van der Waals surface area (Å²) in [5.74, 6) is -1.03. The highest BCUT2D eigenvalue weighted by Crippen LogP contribution is 2.25.